The van der Waals surface area contributed by atoms with Gasteiger partial charge in [-0.15, -0.1) is 0 Å². The lowest BCUT2D eigenvalue weighted by Gasteiger charge is -2.29. The number of hydrogen-bond acceptors (Lipinski definition) is 4. The van der Waals surface area contributed by atoms with Crippen LogP contribution in [-0.4, -0.2) is 35.6 Å². The molecule has 0 atom stereocenters. The molecular weight excluding hydrogens is 250 g/mol. The first kappa shape index (κ1) is 11.7. The molecule has 5 heteroatoms. The number of anilines is 1. The first-order valence-electron chi connectivity index (χ1n) is 7.24. The highest BCUT2D eigenvalue weighted by atomic mass is 15.2. The van der Waals surface area contributed by atoms with E-state index in [1.807, 2.05) is 0 Å². The quantitative estimate of drug-likeness (QED) is 0.895. The Hall–Kier alpha value is -2.06. The van der Waals surface area contributed by atoms with Crippen molar-refractivity contribution >= 4 is 11.2 Å². The second-order valence-corrected chi connectivity index (χ2v) is 5.58. The summed E-state index contributed by atoms with van der Waals surface area (Å²) >= 11 is 0. The van der Waals surface area contributed by atoms with Crippen LogP contribution in [0.25, 0.3) is 5.52 Å². The van der Waals surface area contributed by atoms with Crippen molar-refractivity contribution in [3.63, 3.8) is 0 Å². The van der Waals surface area contributed by atoms with Crippen molar-refractivity contribution in [3.05, 3.63) is 29.8 Å². The number of fused-ring (bicyclic) bond motifs is 1. The van der Waals surface area contributed by atoms with Crippen LogP contribution in [0.15, 0.2) is 18.3 Å². The minimum absolute atomic E-state index is 0.551. The van der Waals surface area contributed by atoms with Crippen LogP contribution >= 0.6 is 0 Å². The minimum Gasteiger partial charge on any atom is -0.369 e. The second kappa shape index (κ2) is 4.50. The Balaban J connectivity index is 1.80. The van der Waals surface area contributed by atoms with Crippen LogP contribution in [0.5, 0.6) is 0 Å². The monoisotopic (exact) mass is 267 g/mol. The van der Waals surface area contributed by atoms with Gasteiger partial charge in [0, 0.05) is 44.0 Å². The molecule has 1 aliphatic heterocycles. The van der Waals surface area contributed by atoms with Gasteiger partial charge in [0.05, 0.1) is 5.52 Å². The molecular formula is C15H17N5. The van der Waals surface area contributed by atoms with Gasteiger partial charge in [0.1, 0.15) is 11.9 Å². The standard InChI is InChI=1S/C15H17N5/c16-10-13-14-9-12(19-7-4-17-5-8-19)3-6-20(14)15(18-13)11-1-2-11/h3,6,9,11,17H,1-2,4-5,7-8H2. The topological polar surface area (TPSA) is 56.4 Å². The maximum Gasteiger partial charge on any atom is 0.166 e. The fourth-order valence-corrected chi connectivity index (χ4v) is 2.93. The zero-order valence-corrected chi connectivity index (χ0v) is 11.3. The molecule has 2 aliphatic rings. The molecule has 20 heavy (non-hydrogen) atoms. The molecule has 1 saturated heterocycles. The summed E-state index contributed by atoms with van der Waals surface area (Å²) in [5.41, 5.74) is 2.70. The highest BCUT2D eigenvalue weighted by Crippen LogP contribution is 2.40. The highest BCUT2D eigenvalue weighted by molar-refractivity contribution is 5.66. The van der Waals surface area contributed by atoms with E-state index in [9.17, 15) is 5.26 Å². The Kier molecular flexibility index (Phi) is 2.64. The van der Waals surface area contributed by atoms with Crippen molar-refractivity contribution in [1.29, 1.82) is 5.26 Å². The average molecular weight is 267 g/mol. The Morgan fingerprint density at radius 3 is 2.80 bits per heavy atom. The molecule has 102 valence electrons. The first-order chi connectivity index (χ1) is 9.86. The molecule has 1 N–H and O–H groups in total. The summed E-state index contributed by atoms with van der Waals surface area (Å²) < 4.78 is 2.10. The maximum atomic E-state index is 9.30. The van der Waals surface area contributed by atoms with Gasteiger partial charge in [-0.25, -0.2) is 4.98 Å². The third-order valence-corrected chi connectivity index (χ3v) is 4.18. The SMILES string of the molecule is N#Cc1nc(C2CC2)n2ccc(N3CCNCC3)cc12. The number of rotatable bonds is 2. The van der Waals surface area contributed by atoms with E-state index in [-0.39, 0.29) is 0 Å². The second-order valence-electron chi connectivity index (χ2n) is 5.58. The van der Waals surface area contributed by atoms with Crippen LogP contribution in [0.1, 0.15) is 30.3 Å². The van der Waals surface area contributed by atoms with E-state index in [0.29, 0.717) is 11.6 Å². The summed E-state index contributed by atoms with van der Waals surface area (Å²) in [4.78, 5) is 6.89. The first-order valence-corrected chi connectivity index (χ1v) is 7.24. The number of piperazine rings is 1. The van der Waals surface area contributed by atoms with Gasteiger partial charge in [-0.05, 0) is 25.0 Å². The average Bonchev–Trinajstić information content (AvgIpc) is 3.29. The lowest BCUT2D eigenvalue weighted by atomic mass is 10.2. The number of nitrogens with one attached hydrogen (secondary N) is 1. The van der Waals surface area contributed by atoms with Gasteiger partial charge in [-0.3, -0.25) is 0 Å². The van der Waals surface area contributed by atoms with Crippen molar-refractivity contribution in [1.82, 2.24) is 14.7 Å². The van der Waals surface area contributed by atoms with E-state index in [1.54, 1.807) is 0 Å². The van der Waals surface area contributed by atoms with Crippen LogP contribution in [0.4, 0.5) is 5.69 Å². The fraction of sp³-hybridized carbons (Fsp3) is 0.467. The van der Waals surface area contributed by atoms with E-state index >= 15 is 0 Å². The van der Waals surface area contributed by atoms with Crippen LogP contribution in [0.3, 0.4) is 0 Å². The minimum atomic E-state index is 0.551. The van der Waals surface area contributed by atoms with Gasteiger partial charge in [0.25, 0.3) is 0 Å². The third kappa shape index (κ3) is 1.84. The molecule has 0 spiro atoms. The van der Waals surface area contributed by atoms with Crippen LogP contribution < -0.4 is 10.2 Å². The molecule has 0 unspecified atom stereocenters. The van der Waals surface area contributed by atoms with Crippen molar-refractivity contribution in [2.24, 2.45) is 0 Å². The molecule has 2 fully saturated rings. The molecule has 0 aromatic carbocycles. The van der Waals surface area contributed by atoms with E-state index in [2.05, 4.69) is 44.0 Å². The van der Waals surface area contributed by atoms with Crippen molar-refractivity contribution in [2.45, 2.75) is 18.8 Å². The molecule has 0 radical (unpaired) electrons. The van der Waals surface area contributed by atoms with Crippen LogP contribution in [0, 0.1) is 11.3 Å². The van der Waals surface area contributed by atoms with Crippen LogP contribution in [0.2, 0.25) is 0 Å². The molecule has 1 saturated carbocycles. The molecule has 0 bridgehead atoms. The molecule has 2 aromatic rings. The molecule has 5 nitrogen and oxygen atoms in total. The number of nitrogens with zero attached hydrogens (tertiary/aromatic N) is 4. The Morgan fingerprint density at radius 1 is 1.30 bits per heavy atom. The maximum absolute atomic E-state index is 9.30. The lowest BCUT2D eigenvalue weighted by molar-refractivity contribution is 0.589. The van der Waals surface area contributed by atoms with Crippen molar-refractivity contribution in [3.8, 4) is 6.07 Å². The number of aromatic nitrogens is 2. The highest BCUT2D eigenvalue weighted by Gasteiger charge is 2.29. The smallest absolute Gasteiger partial charge is 0.166 e. The molecule has 0 amide bonds. The fourth-order valence-electron chi connectivity index (χ4n) is 2.93. The van der Waals surface area contributed by atoms with E-state index in [1.165, 1.54) is 18.5 Å². The molecule has 3 heterocycles. The van der Waals surface area contributed by atoms with E-state index in [0.717, 1.165) is 37.5 Å². The third-order valence-electron chi connectivity index (χ3n) is 4.18. The summed E-state index contributed by atoms with van der Waals surface area (Å²) in [6.07, 6.45) is 4.47. The molecule has 4 rings (SSSR count). The van der Waals surface area contributed by atoms with Gasteiger partial charge < -0.3 is 14.6 Å². The molecule has 2 aromatic heterocycles. The number of hydrogen-bond donors (Lipinski definition) is 1. The predicted molar refractivity (Wildman–Crippen MR) is 77.0 cm³/mol. The van der Waals surface area contributed by atoms with E-state index in [4.69, 9.17) is 0 Å². The van der Waals surface area contributed by atoms with E-state index < -0.39 is 0 Å². The van der Waals surface area contributed by atoms with Gasteiger partial charge >= 0.3 is 0 Å². The predicted octanol–water partition coefficient (Wildman–Crippen LogP) is 1.49. The summed E-state index contributed by atoms with van der Waals surface area (Å²) in [5, 5.41) is 12.7. The summed E-state index contributed by atoms with van der Waals surface area (Å²) in [6.45, 7) is 4.06. The Morgan fingerprint density at radius 2 is 2.10 bits per heavy atom. The largest absolute Gasteiger partial charge is 0.369 e. The summed E-state index contributed by atoms with van der Waals surface area (Å²) in [7, 11) is 0. The zero-order chi connectivity index (χ0) is 13.5. The number of pyridine rings is 1. The Bertz CT molecular complexity index is 686. The number of imidazole rings is 1. The summed E-state index contributed by atoms with van der Waals surface area (Å²) in [6, 6.07) is 6.50. The summed E-state index contributed by atoms with van der Waals surface area (Å²) in [5.74, 6) is 1.61. The van der Waals surface area contributed by atoms with Crippen molar-refractivity contribution < 1.29 is 0 Å². The number of nitriles is 1. The van der Waals surface area contributed by atoms with Gasteiger partial charge in [-0.2, -0.15) is 5.26 Å². The zero-order valence-electron chi connectivity index (χ0n) is 11.3. The molecule has 1 aliphatic carbocycles. The normalized spacial score (nSPS) is 19.2. The van der Waals surface area contributed by atoms with Gasteiger partial charge in [0.2, 0.25) is 0 Å². The van der Waals surface area contributed by atoms with Gasteiger partial charge in [-0.1, -0.05) is 0 Å². The Labute approximate surface area is 117 Å². The lowest BCUT2D eigenvalue weighted by Crippen LogP contribution is -2.43. The van der Waals surface area contributed by atoms with Crippen molar-refractivity contribution in [2.75, 3.05) is 31.1 Å². The van der Waals surface area contributed by atoms with Crippen LogP contribution in [-0.2, 0) is 0 Å². The van der Waals surface area contributed by atoms with Gasteiger partial charge in [0.15, 0.2) is 5.69 Å².